The Bertz CT molecular complexity index is 866. The van der Waals surface area contributed by atoms with Crippen molar-refractivity contribution in [1.29, 1.82) is 0 Å². The van der Waals surface area contributed by atoms with Crippen molar-refractivity contribution in [3.63, 3.8) is 0 Å². The summed E-state index contributed by atoms with van der Waals surface area (Å²) in [6, 6.07) is 17.5. The number of aliphatic hydroxyl groups is 1. The lowest BCUT2D eigenvalue weighted by Crippen LogP contribution is -2.26. The van der Waals surface area contributed by atoms with E-state index in [1.54, 1.807) is 6.08 Å². The SMILES string of the molecule is Cn1cc([C@H](O)CNC(=O)/C=C/c2ccccc2)c2ccccc21. The average molecular weight is 320 g/mol. The smallest absolute Gasteiger partial charge is 0.244 e. The van der Waals surface area contributed by atoms with Gasteiger partial charge in [0.2, 0.25) is 5.91 Å². The number of hydrogen-bond acceptors (Lipinski definition) is 2. The Hall–Kier alpha value is -2.85. The van der Waals surface area contributed by atoms with Crippen LogP contribution < -0.4 is 5.32 Å². The monoisotopic (exact) mass is 320 g/mol. The quantitative estimate of drug-likeness (QED) is 0.710. The molecule has 0 bridgehead atoms. The van der Waals surface area contributed by atoms with Crippen LogP contribution in [0.5, 0.6) is 0 Å². The van der Waals surface area contributed by atoms with E-state index in [9.17, 15) is 9.90 Å². The number of benzene rings is 2. The summed E-state index contributed by atoms with van der Waals surface area (Å²) in [5.74, 6) is -0.224. The standard InChI is InChI=1S/C20H20N2O2/c1-22-14-17(16-9-5-6-10-18(16)22)19(23)13-21-20(24)12-11-15-7-3-2-4-8-15/h2-12,14,19,23H,13H2,1H3,(H,21,24)/b12-11+/t19-/m1/s1. The minimum Gasteiger partial charge on any atom is -0.386 e. The first-order valence-electron chi connectivity index (χ1n) is 7.88. The zero-order valence-corrected chi connectivity index (χ0v) is 13.5. The highest BCUT2D eigenvalue weighted by atomic mass is 16.3. The normalized spacial score (nSPS) is 12.6. The van der Waals surface area contributed by atoms with E-state index >= 15 is 0 Å². The Morgan fingerprint density at radius 2 is 1.88 bits per heavy atom. The summed E-state index contributed by atoms with van der Waals surface area (Å²) in [5.41, 5.74) is 2.84. The van der Waals surface area contributed by atoms with Gasteiger partial charge in [-0.2, -0.15) is 0 Å². The second kappa shape index (κ2) is 7.15. The third kappa shape index (κ3) is 3.55. The van der Waals surface area contributed by atoms with E-state index in [4.69, 9.17) is 0 Å². The fourth-order valence-corrected chi connectivity index (χ4v) is 2.74. The summed E-state index contributed by atoms with van der Waals surface area (Å²) < 4.78 is 1.98. The van der Waals surface area contributed by atoms with Crippen molar-refractivity contribution in [2.45, 2.75) is 6.10 Å². The number of para-hydroxylation sites is 1. The predicted octanol–water partition coefficient (Wildman–Crippen LogP) is 3.04. The molecular weight excluding hydrogens is 300 g/mol. The van der Waals surface area contributed by atoms with Crippen LogP contribution in [0.3, 0.4) is 0 Å². The fraction of sp³-hybridized carbons (Fsp3) is 0.150. The Morgan fingerprint density at radius 1 is 1.17 bits per heavy atom. The van der Waals surface area contributed by atoms with Gasteiger partial charge in [-0.1, -0.05) is 48.5 Å². The van der Waals surface area contributed by atoms with Crippen LogP contribution in [0.1, 0.15) is 17.2 Å². The van der Waals surface area contributed by atoms with Crippen LogP contribution >= 0.6 is 0 Å². The molecule has 1 amide bonds. The number of rotatable bonds is 5. The van der Waals surface area contributed by atoms with Crippen LogP contribution in [0.4, 0.5) is 0 Å². The number of nitrogens with zero attached hydrogens (tertiary/aromatic N) is 1. The highest BCUT2D eigenvalue weighted by molar-refractivity contribution is 5.91. The van der Waals surface area contributed by atoms with Crippen molar-refractivity contribution in [3.8, 4) is 0 Å². The van der Waals surface area contributed by atoms with Gasteiger partial charge >= 0.3 is 0 Å². The Kier molecular flexibility index (Phi) is 4.77. The molecule has 1 atom stereocenters. The van der Waals surface area contributed by atoms with Crippen molar-refractivity contribution in [1.82, 2.24) is 9.88 Å². The maximum absolute atomic E-state index is 11.9. The van der Waals surface area contributed by atoms with Crippen LogP contribution in [-0.4, -0.2) is 22.1 Å². The molecule has 0 fully saturated rings. The fourth-order valence-electron chi connectivity index (χ4n) is 2.74. The van der Waals surface area contributed by atoms with Crippen molar-refractivity contribution < 1.29 is 9.90 Å². The molecule has 0 aliphatic carbocycles. The summed E-state index contributed by atoms with van der Waals surface area (Å²) in [5, 5.41) is 14.2. The van der Waals surface area contributed by atoms with Gasteiger partial charge in [-0.15, -0.1) is 0 Å². The number of fused-ring (bicyclic) bond motifs is 1. The molecule has 0 unspecified atom stereocenters. The van der Waals surface area contributed by atoms with Gasteiger partial charge in [0.25, 0.3) is 0 Å². The lowest BCUT2D eigenvalue weighted by molar-refractivity contribution is -0.116. The number of carbonyl (C=O) groups excluding carboxylic acids is 1. The first-order chi connectivity index (χ1) is 11.6. The van der Waals surface area contributed by atoms with Gasteiger partial charge in [0.15, 0.2) is 0 Å². The van der Waals surface area contributed by atoms with Crippen molar-refractivity contribution in [3.05, 3.63) is 78.0 Å². The molecule has 3 aromatic rings. The molecule has 0 saturated heterocycles. The molecule has 122 valence electrons. The molecule has 0 radical (unpaired) electrons. The maximum atomic E-state index is 11.9. The molecule has 24 heavy (non-hydrogen) atoms. The zero-order chi connectivity index (χ0) is 16.9. The number of amides is 1. The minimum absolute atomic E-state index is 0.173. The molecule has 0 spiro atoms. The molecule has 4 nitrogen and oxygen atoms in total. The number of aryl methyl sites for hydroxylation is 1. The summed E-state index contributed by atoms with van der Waals surface area (Å²) in [7, 11) is 1.94. The number of nitrogens with one attached hydrogen (secondary N) is 1. The predicted molar refractivity (Wildman–Crippen MR) is 96.4 cm³/mol. The van der Waals surface area contributed by atoms with Gasteiger partial charge in [-0.3, -0.25) is 4.79 Å². The van der Waals surface area contributed by atoms with Gasteiger partial charge in [0, 0.05) is 42.3 Å². The first kappa shape index (κ1) is 16.0. The van der Waals surface area contributed by atoms with Crippen LogP contribution in [0, 0.1) is 0 Å². The van der Waals surface area contributed by atoms with Gasteiger partial charge in [0.1, 0.15) is 0 Å². The van der Waals surface area contributed by atoms with Crippen molar-refractivity contribution in [2.75, 3.05) is 6.54 Å². The van der Waals surface area contributed by atoms with Crippen LogP contribution in [0.15, 0.2) is 66.9 Å². The number of hydrogen-bond donors (Lipinski definition) is 2. The number of aliphatic hydroxyl groups excluding tert-OH is 1. The molecule has 0 aliphatic heterocycles. The minimum atomic E-state index is -0.745. The van der Waals surface area contributed by atoms with E-state index in [1.807, 2.05) is 72.4 Å². The second-order valence-electron chi connectivity index (χ2n) is 5.72. The van der Waals surface area contributed by atoms with Crippen molar-refractivity contribution in [2.24, 2.45) is 7.05 Å². The van der Waals surface area contributed by atoms with E-state index in [0.29, 0.717) is 0 Å². The lowest BCUT2D eigenvalue weighted by atomic mass is 10.1. The largest absolute Gasteiger partial charge is 0.386 e. The summed E-state index contributed by atoms with van der Waals surface area (Å²) in [6.45, 7) is 0.173. The van der Waals surface area contributed by atoms with Gasteiger partial charge < -0.3 is 15.0 Å². The zero-order valence-electron chi connectivity index (χ0n) is 13.5. The van der Waals surface area contributed by atoms with E-state index < -0.39 is 6.10 Å². The highest BCUT2D eigenvalue weighted by Gasteiger charge is 2.14. The third-order valence-corrected chi connectivity index (χ3v) is 3.98. The second-order valence-corrected chi connectivity index (χ2v) is 5.72. The highest BCUT2D eigenvalue weighted by Crippen LogP contribution is 2.25. The summed E-state index contributed by atoms with van der Waals surface area (Å²) >= 11 is 0. The molecule has 1 heterocycles. The molecule has 1 aromatic heterocycles. The van der Waals surface area contributed by atoms with E-state index in [0.717, 1.165) is 22.0 Å². The van der Waals surface area contributed by atoms with Gasteiger partial charge in [0.05, 0.1) is 6.10 Å². The van der Waals surface area contributed by atoms with Gasteiger partial charge in [-0.05, 0) is 17.7 Å². The molecule has 3 rings (SSSR count). The topological polar surface area (TPSA) is 54.3 Å². The molecule has 2 aromatic carbocycles. The van der Waals surface area contributed by atoms with E-state index in [-0.39, 0.29) is 12.5 Å². The Balaban J connectivity index is 1.63. The average Bonchev–Trinajstić information content (AvgIpc) is 2.96. The molecule has 4 heteroatoms. The van der Waals surface area contributed by atoms with E-state index in [2.05, 4.69) is 5.32 Å². The molecule has 0 aliphatic rings. The summed E-state index contributed by atoms with van der Waals surface area (Å²) in [6.07, 6.45) is 4.39. The number of aromatic nitrogens is 1. The molecule has 2 N–H and O–H groups in total. The number of carbonyl (C=O) groups is 1. The Morgan fingerprint density at radius 3 is 2.67 bits per heavy atom. The maximum Gasteiger partial charge on any atom is 0.244 e. The third-order valence-electron chi connectivity index (χ3n) is 3.98. The van der Waals surface area contributed by atoms with Gasteiger partial charge in [-0.25, -0.2) is 0 Å². The van der Waals surface area contributed by atoms with Crippen LogP contribution in [0.25, 0.3) is 17.0 Å². The molecular formula is C20H20N2O2. The lowest BCUT2D eigenvalue weighted by Gasteiger charge is -2.10. The Labute approximate surface area is 141 Å². The van der Waals surface area contributed by atoms with Crippen LogP contribution in [-0.2, 0) is 11.8 Å². The van der Waals surface area contributed by atoms with Crippen molar-refractivity contribution >= 4 is 22.9 Å². The summed E-state index contributed by atoms with van der Waals surface area (Å²) in [4.78, 5) is 11.9. The van der Waals surface area contributed by atoms with Crippen LogP contribution in [0.2, 0.25) is 0 Å². The van der Waals surface area contributed by atoms with E-state index in [1.165, 1.54) is 6.08 Å². The first-order valence-corrected chi connectivity index (χ1v) is 7.88. The molecule has 0 saturated carbocycles.